The van der Waals surface area contributed by atoms with Gasteiger partial charge in [0.05, 0.1) is 0 Å². The Hall–Kier alpha value is -0.300. The van der Waals surface area contributed by atoms with E-state index in [-0.39, 0.29) is 0 Å². The van der Waals surface area contributed by atoms with Gasteiger partial charge in [0.15, 0.2) is 0 Å². The number of nitrogens with one attached hydrogen (secondary N) is 1. The highest BCUT2D eigenvalue weighted by Crippen LogP contribution is 2.33. The second-order valence-corrected chi connectivity index (χ2v) is 5.29. The molecule has 0 bridgehead atoms. The van der Waals surface area contributed by atoms with E-state index in [2.05, 4.69) is 31.8 Å². The summed E-state index contributed by atoms with van der Waals surface area (Å²) in [5.74, 6) is 1.87. The first-order chi connectivity index (χ1) is 7.81. The molecule has 0 aromatic carbocycles. The Morgan fingerprint density at radius 2 is 2.19 bits per heavy atom. The van der Waals surface area contributed by atoms with Crippen molar-refractivity contribution in [1.82, 2.24) is 5.32 Å². The molecule has 1 fully saturated rings. The molecule has 3 atom stereocenters. The van der Waals surface area contributed by atoms with Gasteiger partial charge in [0.2, 0.25) is 0 Å². The third-order valence-electron chi connectivity index (χ3n) is 4.05. The minimum absolute atomic E-state index is 0.687. The van der Waals surface area contributed by atoms with E-state index >= 15 is 0 Å². The van der Waals surface area contributed by atoms with Gasteiger partial charge in [0, 0.05) is 6.04 Å². The minimum Gasteiger partial charge on any atom is -0.313 e. The summed E-state index contributed by atoms with van der Waals surface area (Å²) in [5.41, 5.74) is 0. The molecule has 1 aliphatic carbocycles. The van der Waals surface area contributed by atoms with Gasteiger partial charge in [-0.25, -0.2) is 0 Å². The van der Waals surface area contributed by atoms with Gasteiger partial charge in [-0.1, -0.05) is 39.2 Å². The smallest absolute Gasteiger partial charge is 0.0130 e. The van der Waals surface area contributed by atoms with Crippen molar-refractivity contribution in [1.29, 1.82) is 0 Å². The van der Waals surface area contributed by atoms with Crippen molar-refractivity contribution >= 4 is 0 Å². The molecule has 0 aliphatic heterocycles. The molecular formula is C15H29N. The summed E-state index contributed by atoms with van der Waals surface area (Å²) in [5, 5.41) is 3.71. The second kappa shape index (κ2) is 7.89. The fraction of sp³-hybridized carbons (Fsp3) is 0.867. The quantitative estimate of drug-likeness (QED) is 0.639. The summed E-state index contributed by atoms with van der Waals surface area (Å²) in [6.07, 6.45) is 11.6. The molecular weight excluding hydrogens is 194 g/mol. The molecule has 1 aliphatic rings. The monoisotopic (exact) mass is 223 g/mol. The zero-order chi connectivity index (χ0) is 11.8. The van der Waals surface area contributed by atoms with Crippen LogP contribution >= 0.6 is 0 Å². The molecule has 1 N–H and O–H groups in total. The van der Waals surface area contributed by atoms with Crippen molar-refractivity contribution in [3.05, 3.63) is 12.7 Å². The van der Waals surface area contributed by atoms with Crippen molar-refractivity contribution < 1.29 is 0 Å². The van der Waals surface area contributed by atoms with Crippen LogP contribution in [0.2, 0.25) is 0 Å². The van der Waals surface area contributed by atoms with Crippen molar-refractivity contribution in [3.63, 3.8) is 0 Å². The molecule has 1 heteroatoms. The normalized spacial score (nSPS) is 27.6. The third-order valence-corrected chi connectivity index (χ3v) is 4.05. The van der Waals surface area contributed by atoms with E-state index in [1.807, 2.05) is 0 Å². The van der Waals surface area contributed by atoms with Gasteiger partial charge in [0.1, 0.15) is 0 Å². The first kappa shape index (κ1) is 13.8. The van der Waals surface area contributed by atoms with E-state index < -0.39 is 0 Å². The van der Waals surface area contributed by atoms with E-state index in [0.29, 0.717) is 6.04 Å². The van der Waals surface area contributed by atoms with Crippen molar-refractivity contribution in [2.24, 2.45) is 11.8 Å². The Morgan fingerprint density at radius 1 is 1.38 bits per heavy atom. The molecule has 0 aromatic heterocycles. The fourth-order valence-electron chi connectivity index (χ4n) is 3.02. The molecule has 94 valence electrons. The summed E-state index contributed by atoms with van der Waals surface area (Å²) in [6, 6.07) is 0.687. The van der Waals surface area contributed by atoms with Crippen LogP contribution in [-0.4, -0.2) is 12.6 Å². The third kappa shape index (κ3) is 4.29. The predicted octanol–water partition coefficient (Wildman–Crippen LogP) is 4.15. The molecule has 0 spiro atoms. The van der Waals surface area contributed by atoms with Crippen LogP contribution in [0.25, 0.3) is 0 Å². The van der Waals surface area contributed by atoms with E-state index in [9.17, 15) is 0 Å². The number of hydrogen-bond donors (Lipinski definition) is 1. The highest BCUT2D eigenvalue weighted by atomic mass is 14.9. The van der Waals surface area contributed by atoms with Gasteiger partial charge in [-0.2, -0.15) is 0 Å². The predicted molar refractivity (Wildman–Crippen MR) is 72.6 cm³/mol. The standard InChI is InChI=1S/C15H29N/c1-4-8-15(16-11-5-2)14-10-7-9-13(6-3)12-14/h4,13-16H,1,5-12H2,2-3H3. The van der Waals surface area contributed by atoms with Crippen LogP contribution in [0.5, 0.6) is 0 Å². The van der Waals surface area contributed by atoms with Gasteiger partial charge in [-0.05, 0) is 44.1 Å². The molecule has 1 rings (SSSR count). The van der Waals surface area contributed by atoms with Crippen LogP contribution in [0, 0.1) is 11.8 Å². The van der Waals surface area contributed by atoms with Crippen molar-refractivity contribution in [3.8, 4) is 0 Å². The zero-order valence-corrected chi connectivity index (χ0v) is 11.2. The highest BCUT2D eigenvalue weighted by molar-refractivity contribution is 4.87. The van der Waals surface area contributed by atoms with E-state index in [4.69, 9.17) is 0 Å². The number of rotatable bonds is 7. The van der Waals surface area contributed by atoms with Crippen molar-refractivity contribution in [2.45, 2.75) is 64.8 Å². The maximum absolute atomic E-state index is 3.90. The fourth-order valence-corrected chi connectivity index (χ4v) is 3.02. The Balaban J connectivity index is 2.44. The molecule has 0 radical (unpaired) electrons. The topological polar surface area (TPSA) is 12.0 Å². The van der Waals surface area contributed by atoms with E-state index in [1.54, 1.807) is 0 Å². The summed E-state index contributed by atoms with van der Waals surface area (Å²) < 4.78 is 0. The Kier molecular flexibility index (Phi) is 6.79. The average molecular weight is 223 g/mol. The second-order valence-electron chi connectivity index (χ2n) is 5.29. The lowest BCUT2D eigenvalue weighted by Gasteiger charge is -2.34. The van der Waals surface area contributed by atoms with Gasteiger partial charge in [-0.3, -0.25) is 0 Å². The highest BCUT2D eigenvalue weighted by Gasteiger charge is 2.26. The number of hydrogen-bond acceptors (Lipinski definition) is 1. The first-order valence-corrected chi connectivity index (χ1v) is 7.16. The van der Waals surface area contributed by atoms with Crippen LogP contribution < -0.4 is 5.32 Å². The molecule has 0 amide bonds. The van der Waals surface area contributed by atoms with Gasteiger partial charge in [-0.15, -0.1) is 6.58 Å². The van der Waals surface area contributed by atoms with Gasteiger partial charge >= 0.3 is 0 Å². The van der Waals surface area contributed by atoms with E-state index in [1.165, 1.54) is 38.5 Å². The maximum atomic E-state index is 3.90. The van der Waals surface area contributed by atoms with Crippen LogP contribution in [0.15, 0.2) is 12.7 Å². The maximum Gasteiger partial charge on any atom is 0.0130 e. The van der Waals surface area contributed by atoms with Gasteiger partial charge in [0.25, 0.3) is 0 Å². The lowest BCUT2D eigenvalue weighted by atomic mass is 9.76. The molecule has 1 saturated carbocycles. The first-order valence-electron chi connectivity index (χ1n) is 7.16. The molecule has 0 saturated heterocycles. The Bertz CT molecular complexity index is 188. The van der Waals surface area contributed by atoms with Crippen LogP contribution in [0.3, 0.4) is 0 Å². The molecule has 16 heavy (non-hydrogen) atoms. The Labute approximate surface area is 102 Å². The van der Waals surface area contributed by atoms with Gasteiger partial charge < -0.3 is 5.32 Å². The summed E-state index contributed by atoms with van der Waals surface area (Å²) in [7, 11) is 0. The molecule has 1 nitrogen and oxygen atoms in total. The lowest BCUT2D eigenvalue weighted by Crippen LogP contribution is -2.38. The zero-order valence-electron chi connectivity index (χ0n) is 11.2. The minimum atomic E-state index is 0.687. The van der Waals surface area contributed by atoms with Crippen LogP contribution in [-0.2, 0) is 0 Å². The van der Waals surface area contributed by atoms with E-state index in [0.717, 1.165) is 24.8 Å². The Morgan fingerprint density at radius 3 is 2.81 bits per heavy atom. The average Bonchev–Trinajstić information content (AvgIpc) is 2.34. The SMILES string of the molecule is C=CCC(NCCC)C1CCCC(CC)C1. The van der Waals surface area contributed by atoms with Crippen LogP contribution in [0.1, 0.15) is 58.8 Å². The largest absolute Gasteiger partial charge is 0.313 e. The van der Waals surface area contributed by atoms with Crippen LogP contribution in [0.4, 0.5) is 0 Å². The molecule has 3 unspecified atom stereocenters. The van der Waals surface area contributed by atoms with Crippen molar-refractivity contribution in [2.75, 3.05) is 6.54 Å². The summed E-state index contributed by atoms with van der Waals surface area (Å²) in [4.78, 5) is 0. The molecule has 0 aromatic rings. The lowest BCUT2D eigenvalue weighted by molar-refractivity contribution is 0.209. The summed E-state index contributed by atoms with van der Waals surface area (Å²) in [6.45, 7) is 9.65. The molecule has 0 heterocycles. The summed E-state index contributed by atoms with van der Waals surface area (Å²) >= 11 is 0.